The monoisotopic (exact) mass is 425 g/mol. The van der Waals surface area contributed by atoms with E-state index in [1.807, 2.05) is 24.3 Å². The molecule has 1 amide bonds. The van der Waals surface area contributed by atoms with Crippen LogP contribution in [0.5, 0.6) is 11.5 Å². The van der Waals surface area contributed by atoms with Gasteiger partial charge >= 0.3 is 0 Å². The molecule has 0 bridgehead atoms. The molecule has 1 heterocycles. The number of amides is 1. The predicted octanol–water partition coefficient (Wildman–Crippen LogP) is 3.42. The summed E-state index contributed by atoms with van der Waals surface area (Å²) in [5.41, 5.74) is -3.42. The summed E-state index contributed by atoms with van der Waals surface area (Å²) in [4.78, 5) is 14.2. The van der Waals surface area contributed by atoms with Crippen LogP contribution in [0.2, 0.25) is 0 Å². The third-order valence-electron chi connectivity index (χ3n) is 5.93. The summed E-state index contributed by atoms with van der Waals surface area (Å²) in [7, 11) is 2.99. The maximum Gasteiger partial charge on any atom is 0.220 e. The Morgan fingerprint density at radius 2 is 1.06 bits per heavy atom. The van der Waals surface area contributed by atoms with Crippen molar-refractivity contribution in [1.29, 1.82) is 21.0 Å². The first kappa shape index (κ1) is 22.2. The van der Waals surface area contributed by atoms with Crippen LogP contribution in [0, 0.1) is 56.2 Å². The first-order valence-electron chi connectivity index (χ1n) is 9.61. The molecule has 0 radical (unpaired) electrons. The Hall–Kier alpha value is -4.53. The highest BCUT2D eigenvalue weighted by molar-refractivity contribution is 5.77. The molecule has 8 nitrogen and oxygen atoms in total. The minimum Gasteiger partial charge on any atom is -0.497 e. The Balaban J connectivity index is 2.38. The van der Waals surface area contributed by atoms with Crippen molar-refractivity contribution in [1.82, 2.24) is 4.90 Å². The van der Waals surface area contributed by atoms with Crippen molar-refractivity contribution in [3.8, 4) is 35.8 Å². The van der Waals surface area contributed by atoms with Gasteiger partial charge in [0, 0.05) is 6.92 Å². The predicted molar refractivity (Wildman–Crippen MR) is 111 cm³/mol. The van der Waals surface area contributed by atoms with Crippen LogP contribution in [-0.4, -0.2) is 25.0 Å². The Labute approximate surface area is 186 Å². The number of likely N-dealkylation sites (tertiary alicyclic amines) is 1. The zero-order chi connectivity index (χ0) is 23.5. The van der Waals surface area contributed by atoms with E-state index in [9.17, 15) is 25.8 Å². The lowest BCUT2D eigenvalue weighted by atomic mass is 9.61. The van der Waals surface area contributed by atoms with Crippen molar-refractivity contribution in [2.24, 2.45) is 10.8 Å². The van der Waals surface area contributed by atoms with E-state index in [0.29, 0.717) is 22.6 Å². The number of nitriles is 4. The standard InChI is InChI=1S/C24H19N5O3/c1-16(30)29-21(17-4-8-19(31-2)9-5-17)23(12-25,13-26)24(14-27,15-28)22(29)18-6-10-20(32-3)11-7-18/h4-11,21-22H,1-3H3/t21-,22-/m1/s1. The largest absolute Gasteiger partial charge is 0.497 e. The number of carbonyl (C=O) groups excluding carboxylic acids is 1. The van der Waals surface area contributed by atoms with Crippen LogP contribution in [0.15, 0.2) is 48.5 Å². The van der Waals surface area contributed by atoms with Gasteiger partial charge in [0.25, 0.3) is 0 Å². The van der Waals surface area contributed by atoms with Crippen molar-refractivity contribution in [2.45, 2.75) is 19.0 Å². The summed E-state index contributed by atoms with van der Waals surface area (Å²) >= 11 is 0. The topological polar surface area (TPSA) is 134 Å². The fraction of sp³-hybridized carbons (Fsp3) is 0.292. The third-order valence-corrected chi connectivity index (χ3v) is 5.93. The molecule has 0 N–H and O–H groups in total. The highest BCUT2D eigenvalue weighted by atomic mass is 16.5. The number of methoxy groups -OCH3 is 2. The Morgan fingerprint density at radius 1 is 0.750 bits per heavy atom. The summed E-state index contributed by atoms with van der Waals surface area (Å²) in [6.45, 7) is 1.29. The van der Waals surface area contributed by atoms with Gasteiger partial charge in [-0.15, -0.1) is 0 Å². The molecule has 1 saturated heterocycles. The fourth-order valence-electron chi connectivity index (χ4n) is 4.40. The number of hydrogen-bond donors (Lipinski definition) is 0. The molecule has 1 fully saturated rings. The van der Waals surface area contributed by atoms with E-state index in [2.05, 4.69) is 0 Å². The van der Waals surface area contributed by atoms with Gasteiger partial charge in [0.05, 0.1) is 50.6 Å². The molecule has 1 aliphatic rings. The van der Waals surface area contributed by atoms with E-state index in [4.69, 9.17) is 9.47 Å². The Kier molecular flexibility index (Phi) is 5.75. The van der Waals surface area contributed by atoms with Gasteiger partial charge < -0.3 is 14.4 Å². The van der Waals surface area contributed by atoms with Crippen LogP contribution in [-0.2, 0) is 4.79 Å². The molecule has 0 saturated carbocycles. The summed E-state index contributed by atoms with van der Waals surface area (Å²) in [5, 5.41) is 40.9. The van der Waals surface area contributed by atoms with Gasteiger partial charge in [0.1, 0.15) is 11.5 Å². The molecular weight excluding hydrogens is 406 g/mol. The Bertz CT molecular complexity index is 1080. The van der Waals surface area contributed by atoms with Crippen molar-refractivity contribution in [3.63, 3.8) is 0 Å². The summed E-state index contributed by atoms with van der Waals surface area (Å²) in [6.07, 6.45) is 0. The zero-order valence-electron chi connectivity index (χ0n) is 17.7. The molecule has 32 heavy (non-hydrogen) atoms. The maximum atomic E-state index is 12.9. The number of rotatable bonds is 4. The first-order valence-corrected chi connectivity index (χ1v) is 9.61. The summed E-state index contributed by atoms with van der Waals surface area (Å²) in [6, 6.07) is 18.5. The zero-order valence-corrected chi connectivity index (χ0v) is 17.7. The number of ether oxygens (including phenoxy) is 2. The average Bonchev–Trinajstić information content (AvgIpc) is 3.11. The van der Waals surface area contributed by atoms with E-state index < -0.39 is 28.8 Å². The molecule has 2 aromatic rings. The van der Waals surface area contributed by atoms with Crippen molar-refractivity contribution in [2.75, 3.05) is 14.2 Å². The number of carbonyl (C=O) groups is 1. The summed E-state index contributed by atoms with van der Waals surface area (Å²) < 4.78 is 10.4. The van der Waals surface area contributed by atoms with E-state index in [1.165, 1.54) is 26.0 Å². The van der Waals surface area contributed by atoms with Gasteiger partial charge in [0.2, 0.25) is 16.7 Å². The minimum absolute atomic E-state index is 0.440. The van der Waals surface area contributed by atoms with Gasteiger partial charge in [-0.05, 0) is 35.4 Å². The molecule has 0 aliphatic carbocycles. The van der Waals surface area contributed by atoms with Gasteiger partial charge in [-0.3, -0.25) is 4.79 Å². The molecule has 8 heteroatoms. The molecule has 0 aromatic heterocycles. The van der Waals surface area contributed by atoms with Gasteiger partial charge in [0.15, 0.2) is 0 Å². The molecule has 1 aliphatic heterocycles. The normalized spacial score (nSPS) is 20.2. The molecule has 2 atom stereocenters. The van der Waals surface area contributed by atoms with E-state index in [0.717, 1.165) is 0 Å². The van der Waals surface area contributed by atoms with Gasteiger partial charge in [-0.1, -0.05) is 24.3 Å². The second-order valence-electron chi connectivity index (χ2n) is 7.34. The lowest BCUT2D eigenvalue weighted by Crippen LogP contribution is -2.39. The van der Waals surface area contributed by atoms with Crippen LogP contribution < -0.4 is 9.47 Å². The second-order valence-corrected chi connectivity index (χ2v) is 7.34. The number of nitrogens with zero attached hydrogens (tertiary/aromatic N) is 5. The molecule has 0 spiro atoms. The molecule has 3 rings (SSSR count). The van der Waals surface area contributed by atoms with E-state index in [1.54, 1.807) is 48.5 Å². The molecular formula is C24H19N5O3. The summed E-state index contributed by atoms with van der Waals surface area (Å²) in [5.74, 6) is 0.604. The molecule has 2 aromatic carbocycles. The third kappa shape index (κ3) is 2.90. The maximum absolute atomic E-state index is 12.9. The average molecular weight is 425 g/mol. The lowest BCUT2D eigenvalue weighted by molar-refractivity contribution is -0.132. The number of benzene rings is 2. The quantitative estimate of drug-likeness (QED) is 0.732. The van der Waals surface area contributed by atoms with Gasteiger partial charge in [-0.25, -0.2) is 0 Å². The van der Waals surface area contributed by atoms with Crippen LogP contribution in [0.1, 0.15) is 30.1 Å². The van der Waals surface area contributed by atoms with Crippen LogP contribution in [0.25, 0.3) is 0 Å². The molecule has 158 valence electrons. The van der Waals surface area contributed by atoms with Crippen LogP contribution in [0.3, 0.4) is 0 Å². The minimum atomic E-state index is -2.15. The van der Waals surface area contributed by atoms with E-state index in [-0.39, 0.29) is 0 Å². The Morgan fingerprint density at radius 3 is 1.28 bits per heavy atom. The number of hydrogen-bond acceptors (Lipinski definition) is 7. The van der Waals surface area contributed by atoms with Crippen LogP contribution in [0.4, 0.5) is 0 Å². The van der Waals surface area contributed by atoms with Gasteiger partial charge in [-0.2, -0.15) is 21.0 Å². The van der Waals surface area contributed by atoms with Crippen molar-refractivity contribution >= 4 is 5.91 Å². The van der Waals surface area contributed by atoms with Crippen molar-refractivity contribution < 1.29 is 14.3 Å². The fourth-order valence-corrected chi connectivity index (χ4v) is 4.40. The highest BCUT2D eigenvalue weighted by Gasteiger charge is 2.73. The second kappa shape index (κ2) is 8.31. The first-order chi connectivity index (χ1) is 15.4. The SMILES string of the molecule is COc1ccc([C@H]2N(C(C)=O)[C@H](c3ccc(OC)cc3)C(C#N)(C#N)C2(C#N)C#N)cc1. The lowest BCUT2D eigenvalue weighted by Gasteiger charge is -2.31. The van der Waals surface area contributed by atoms with Crippen LogP contribution >= 0.6 is 0 Å². The van der Waals surface area contributed by atoms with E-state index >= 15 is 0 Å². The highest BCUT2D eigenvalue weighted by Crippen LogP contribution is 2.65. The molecule has 0 unspecified atom stereocenters. The smallest absolute Gasteiger partial charge is 0.220 e. The van der Waals surface area contributed by atoms with Crippen molar-refractivity contribution in [3.05, 3.63) is 59.7 Å².